The van der Waals surface area contributed by atoms with E-state index >= 15 is 0 Å². The van der Waals surface area contributed by atoms with Gasteiger partial charge in [-0.15, -0.1) is 11.3 Å². The fourth-order valence-electron chi connectivity index (χ4n) is 2.86. The SMILES string of the molecule is CCCNC(=O)[C@@H](C)N1CCc2c(sc3ncnc(N)c23)C1. The quantitative estimate of drug-likeness (QED) is 0.893. The van der Waals surface area contributed by atoms with Crippen molar-refractivity contribution in [1.29, 1.82) is 0 Å². The first kappa shape index (κ1) is 15.2. The minimum atomic E-state index is -0.117. The topological polar surface area (TPSA) is 84.1 Å². The van der Waals surface area contributed by atoms with Crippen LogP contribution in [0.4, 0.5) is 5.82 Å². The first-order valence-corrected chi connectivity index (χ1v) is 8.46. The third-order valence-electron chi connectivity index (χ3n) is 4.17. The third kappa shape index (κ3) is 2.66. The molecule has 3 heterocycles. The van der Waals surface area contributed by atoms with Crippen molar-refractivity contribution in [2.24, 2.45) is 0 Å². The van der Waals surface area contributed by atoms with Gasteiger partial charge >= 0.3 is 0 Å². The van der Waals surface area contributed by atoms with Gasteiger partial charge < -0.3 is 11.1 Å². The van der Waals surface area contributed by atoms with Gasteiger partial charge in [-0.3, -0.25) is 9.69 Å². The van der Waals surface area contributed by atoms with Crippen molar-refractivity contribution in [3.05, 3.63) is 16.8 Å². The monoisotopic (exact) mass is 319 g/mol. The Hall–Kier alpha value is -1.73. The van der Waals surface area contributed by atoms with E-state index in [2.05, 4.69) is 27.1 Å². The number of amides is 1. The van der Waals surface area contributed by atoms with Crippen molar-refractivity contribution in [1.82, 2.24) is 20.2 Å². The highest BCUT2D eigenvalue weighted by Crippen LogP contribution is 2.36. The summed E-state index contributed by atoms with van der Waals surface area (Å²) in [5.41, 5.74) is 7.26. The number of anilines is 1. The van der Waals surface area contributed by atoms with Gasteiger partial charge in [-0.25, -0.2) is 9.97 Å². The molecule has 6 nitrogen and oxygen atoms in total. The number of nitrogens with two attached hydrogens (primary N) is 1. The number of aromatic nitrogens is 2. The smallest absolute Gasteiger partial charge is 0.237 e. The normalized spacial score (nSPS) is 16.5. The summed E-state index contributed by atoms with van der Waals surface area (Å²) in [5, 5.41) is 3.97. The number of thiophene rings is 1. The molecule has 118 valence electrons. The highest BCUT2D eigenvalue weighted by atomic mass is 32.1. The molecule has 1 atom stereocenters. The minimum absolute atomic E-state index is 0.103. The number of fused-ring (bicyclic) bond motifs is 3. The molecule has 0 unspecified atom stereocenters. The maximum absolute atomic E-state index is 12.1. The van der Waals surface area contributed by atoms with Gasteiger partial charge in [0.15, 0.2) is 0 Å². The number of nitrogens with zero attached hydrogens (tertiary/aromatic N) is 3. The molecular weight excluding hydrogens is 298 g/mol. The fourth-order valence-corrected chi connectivity index (χ4v) is 4.09. The number of hydrogen-bond donors (Lipinski definition) is 2. The van der Waals surface area contributed by atoms with E-state index in [1.165, 1.54) is 16.8 Å². The van der Waals surface area contributed by atoms with Crippen LogP contribution in [0.2, 0.25) is 0 Å². The van der Waals surface area contributed by atoms with Gasteiger partial charge in [-0.1, -0.05) is 6.92 Å². The summed E-state index contributed by atoms with van der Waals surface area (Å²) in [7, 11) is 0. The summed E-state index contributed by atoms with van der Waals surface area (Å²) in [6.07, 6.45) is 3.35. The predicted octanol–water partition coefficient (Wildman–Crippen LogP) is 1.55. The average molecular weight is 319 g/mol. The zero-order valence-electron chi connectivity index (χ0n) is 12.9. The van der Waals surface area contributed by atoms with Crippen LogP contribution < -0.4 is 11.1 Å². The molecule has 22 heavy (non-hydrogen) atoms. The first-order valence-electron chi connectivity index (χ1n) is 7.64. The molecule has 1 aliphatic heterocycles. The maximum atomic E-state index is 12.1. The largest absolute Gasteiger partial charge is 0.383 e. The van der Waals surface area contributed by atoms with E-state index in [0.29, 0.717) is 5.82 Å². The predicted molar refractivity (Wildman–Crippen MR) is 88.7 cm³/mol. The van der Waals surface area contributed by atoms with Gasteiger partial charge in [-0.05, 0) is 25.3 Å². The molecule has 2 aromatic rings. The average Bonchev–Trinajstić information content (AvgIpc) is 2.90. The van der Waals surface area contributed by atoms with Crippen LogP contribution in [0.15, 0.2) is 6.33 Å². The van der Waals surface area contributed by atoms with Gasteiger partial charge in [0.2, 0.25) is 5.91 Å². The second-order valence-electron chi connectivity index (χ2n) is 5.63. The van der Waals surface area contributed by atoms with E-state index in [1.54, 1.807) is 11.3 Å². The van der Waals surface area contributed by atoms with Crippen LogP contribution in [0.3, 0.4) is 0 Å². The van der Waals surface area contributed by atoms with E-state index in [9.17, 15) is 4.79 Å². The lowest BCUT2D eigenvalue weighted by molar-refractivity contribution is -0.126. The van der Waals surface area contributed by atoms with Crippen LogP contribution in [0.1, 0.15) is 30.7 Å². The maximum Gasteiger partial charge on any atom is 0.237 e. The van der Waals surface area contributed by atoms with Gasteiger partial charge in [-0.2, -0.15) is 0 Å². The zero-order valence-corrected chi connectivity index (χ0v) is 13.7. The van der Waals surface area contributed by atoms with E-state index in [-0.39, 0.29) is 11.9 Å². The lowest BCUT2D eigenvalue weighted by Crippen LogP contribution is -2.46. The molecule has 7 heteroatoms. The Balaban J connectivity index is 1.81. The molecule has 0 saturated carbocycles. The molecule has 3 N–H and O–H groups in total. The number of rotatable bonds is 4. The van der Waals surface area contributed by atoms with E-state index in [4.69, 9.17) is 5.73 Å². The fraction of sp³-hybridized carbons (Fsp3) is 0.533. The Bertz CT molecular complexity index is 699. The van der Waals surface area contributed by atoms with Crippen molar-refractivity contribution in [3.8, 4) is 0 Å². The molecule has 0 aromatic carbocycles. The van der Waals surface area contributed by atoms with Crippen molar-refractivity contribution in [2.45, 2.75) is 39.3 Å². The van der Waals surface area contributed by atoms with Gasteiger partial charge in [0.05, 0.1) is 11.4 Å². The molecular formula is C15H21N5OS. The van der Waals surface area contributed by atoms with Gasteiger partial charge in [0.25, 0.3) is 0 Å². The zero-order chi connectivity index (χ0) is 15.7. The lowest BCUT2D eigenvalue weighted by Gasteiger charge is -2.31. The van der Waals surface area contributed by atoms with E-state index < -0.39 is 0 Å². The molecule has 0 fully saturated rings. The summed E-state index contributed by atoms with van der Waals surface area (Å²) >= 11 is 1.66. The number of nitrogens with one attached hydrogen (secondary N) is 1. The summed E-state index contributed by atoms with van der Waals surface area (Å²) in [4.78, 5) is 25.0. The van der Waals surface area contributed by atoms with Gasteiger partial charge in [0, 0.05) is 24.5 Å². The molecule has 1 amide bonds. The molecule has 0 bridgehead atoms. The van der Waals surface area contributed by atoms with Crippen LogP contribution in [0, 0.1) is 0 Å². The summed E-state index contributed by atoms with van der Waals surface area (Å²) < 4.78 is 0. The Morgan fingerprint density at radius 2 is 2.36 bits per heavy atom. The molecule has 2 aromatic heterocycles. The Kier molecular flexibility index (Phi) is 4.26. The van der Waals surface area contributed by atoms with Crippen molar-refractivity contribution < 1.29 is 4.79 Å². The standard InChI is InChI=1S/C15H21N5OS/c1-3-5-17-14(21)9(2)20-6-4-10-11(7-20)22-15-12(10)13(16)18-8-19-15/h8-9H,3-7H2,1-2H3,(H,17,21)(H2,16,18,19)/t9-/m1/s1. The molecule has 0 spiro atoms. The second kappa shape index (κ2) is 6.18. The number of carbonyl (C=O) groups excluding carboxylic acids is 1. The Labute approximate surface area is 133 Å². The van der Waals surface area contributed by atoms with Crippen molar-refractivity contribution in [2.75, 3.05) is 18.8 Å². The third-order valence-corrected chi connectivity index (χ3v) is 5.30. The molecule has 1 aliphatic rings. The second-order valence-corrected chi connectivity index (χ2v) is 6.71. The number of nitrogen functional groups attached to an aromatic ring is 1. The molecule has 3 rings (SSSR count). The summed E-state index contributed by atoms with van der Waals surface area (Å²) in [6.45, 7) is 6.39. The summed E-state index contributed by atoms with van der Waals surface area (Å²) in [6, 6.07) is -0.117. The van der Waals surface area contributed by atoms with Crippen LogP contribution in [0.5, 0.6) is 0 Å². The van der Waals surface area contributed by atoms with E-state index in [1.807, 2.05) is 6.92 Å². The highest BCUT2D eigenvalue weighted by molar-refractivity contribution is 7.18. The summed E-state index contributed by atoms with van der Waals surface area (Å²) in [5.74, 6) is 0.662. The molecule has 0 radical (unpaired) electrons. The Morgan fingerprint density at radius 3 is 3.14 bits per heavy atom. The van der Waals surface area contributed by atoms with Crippen LogP contribution in [0.25, 0.3) is 10.2 Å². The van der Waals surface area contributed by atoms with Crippen molar-refractivity contribution >= 4 is 33.3 Å². The van der Waals surface area contributed by atoms with Gasteiger partial charge in [0.1, 0.15) is 17.0 Å². The number of carbonyl (C=O) groups is 1. The van der Waals surface area contributed by atoms with Crippen LogP contribution in [-0.4, -0.2) is 39.9 Å². The van der Waals surface area contributed by atoms with Crippen LogP contribution >= 0.6 is 11.3 Å². The minimum Gasteiger partial charge on any atom is -0.383 e. The van der Waals surface area contributed by atoms with E-state index in [0.717, 1.165) is 42.7 Å². The van der Waals surface area contributed by atoms with Crippen molar-refractivity contribution in [3.63, 3.8) is 0 Å². The molecule has 0 aliphatic carbocycles. The Morgan fingerprint density at radius 1 is 1.55 bits per heavy atom. The lowest BCUT2D eigenvalue weighted by atomic mass is 10.0. The van der Waals surface area contributed by atoms with Crippen LogP contribution in [-0.2, 0) is 17.8 Å². The number of hydrogen-bond acceptors (Lipinski definition) is 6. The highest BCUT2D eigenvalue weighted by Gasteiger charge is 2.28. The molecule has 0 saturated heterocycles. The first-order chi connectivity index (χ1) is 10.6.